The lowest BCUT2D eigenvalue weighted by Gasteiger charge is -2.02. The molecule has 0 bridgehead atoms. The zero-order valence-corrected chi connectivity index (χ0v) is 11.9. The summed E-state index contributed by atoms with van der Waals surface area (Å²) in [6.45, 7) is 0. The number of carbonyl (C=O) groups excluding carboxylic acids is 1. The van der Waals surface area contributed by atoms with Crippen LogP contribution >= 0.6 is 23.2 Å². The minimum atomic E-state index is -0.439. The fraction of sp³-hybridized carbons (Fsp3) is 0. The summed E-state index contributed by atoms with van der Waals surface area (Å²) in [6, 6.07) is 4.54. The topological polar surface area (TPSA) is 105 Å². The molecular formula is C13H8Cl2N4O2. The van der Waals surface area contributed by atoms with Crippen molar-refractivity contribution in [2.24, 2.45) is 0 Å². The molecule has 21 heavy (non-hydrogen) atoms. The Morgan fingerprint density at radius 2 is 2.00 bits per heavy atom. The SMILES string of the molecule is Nc1nc2c(C(=O)c3ccc(Cl)c(Cl)c3)c[nH]c2c(=O)[nH]1. The van der Waals surface area contributed by atoms with Gasteiger partial charge in [-0.2, -0.15) is 0 Å². The van der Waals surface area contributed by atoms with E-state index in [2.05, 4.69) is 15.0 Å². The average Bonchev–Trinajstić information content (AvgIpc) is 2.85. The highest BCUT2D eigenvalue weighted by Crippen LogP contribution is 2.25. The Morgan fingerprint density at radius 1 is 1.24 bits per heavy atom. The third-order valence-electron chi connectivity index (χ3n) is 2.98. The van der Waals surface area contributed by atoms with Crippen molar-refractivity contribution in [1.29, 1.82) is 0 Å². The molecule has 2 heterocycles. The van der Waals surface area contributed by atoms with Crippen molar-refractivity contribution in [3.63, 3.8) is 0 Å². The van der Waals surface area contributed by atoms with E-state index in [1.54, 1.807) is 6.07 Å². The van der Waals surface area contributed by atoms with Gasteiger partial charge in [-0.3, -0.25) is 14.6 Å². The minimum Gasteiger partial charge on any atom is -0.369 e. The second kappa shape index (κ2) is 4.91. The maximum atomic E-state index is 12.5. The van der Waals surface area contributed by atoms with E-state index in [4.69, 9.17) is 28.9 Å². The predicted octanol–water partition coefficient (Wildman–Crippen LogP) is 2.37. The van der Waals surface area contributed by atoms with Gasteiger partial charge in [0.15, 0.2) is 5.78 Å². The number of rotatable bonds is 2. The highest BCUT2D eigenvalue weighted by molar-refractivity contribution is 6.42. The minimum absolute atomic E-state index is 0.0599. The lowest BCUT2D eigenvalue weighted by atomic mass is 10.1. The van der Waals surface area contributed by atoms with Crippen LogP contribution in [0, 0.1) is 0 Å². The average molecular weight is 323 g/mol. The normalized spacial score (nSPS) is 11.0. The van der Waals surface area contributed by atoms with Crippen molar-refractivity contribution in [3.05, 3.63) is 55.9 Å². The Hall–Kier alpha value is -2.31. The zero-order valence-electron chi connectivity index (χ0n) is 10.4. The number of aromatic amines is 2. The third kappa shape index (κ3) is 2.28. The second-order valence-electron chi connectivity index (χ2n) is 4.34. The molecule has 0 amide bonds. The number of fused-ring (bicyclic) bond motifs is 1. The smallest absolute Gasteiger partial charge is 0.276 e. The molecule has 3 rings (SSSR count). The fourth-order valence-electron chi connectivity index (χ4n) is 2.00. The zero-order chi connectivity index (χ0) is 15.1. The van der Waals surface area contributed by atoms with E-state index < -0.39 is 5.56 Å². The van der Waals surface area contributed by atoms with Crippen LogP contribution in [-0.4, -0.2) is 20.7 Å². The first-order valence-electron chi connectivity index (χ1n) is 5.84. The van der Waals surface area contributed by atoms with Crippen LogP contribution in [0.2, 0.25) is 10.0 Å². The van der Waals surface area contributed by atoms with E-state index in [9.17, 15) is 9.59 Å². The number of aromatic nitrogens is 3. The van der Waals surface area contributed by atoms with Crippen molar-refractivity contribution >= 4 is 46.0 Å². The lowest BCUT2D eigenvalue weighted by Crippen LogP contribution is -2.11. The summed E-state index contributed by atoms with van der Waals surface area (Å²) in [6.07, 6.45) is 1.41. The number of hydrogen-bond acceptors (Lipinski definition) is 4. The number of halogens is 2. The van der Waals surface area contributed by atoms with Crippen molar-refractivity contribution in [2.75, 3.05) is 5.73 Å². The number of H-pyrrole nitrogens is 2. The maximum absolute atomic E-state index is 12.5. The second-order valence-corrected chi connectivity index (χ2v) is 5.15. The monoisotopic (exact) mass is 322 g/mol. The number of nitrogens with two attached hydrogens (primary N) is 1. The van der Waals surface area contributed by atoms with E-state index in [1.807, 2.05) is 0 Å². The van der Waals surface area contributed by atoms with Gasteiger partial charge in [-0.05, 0) is 18.2 Å². The molecular weight excluding hydrogens is 315 g/mol. The molecule has 3 aromatic rings. The molecule has 0 atom stereocenters. The molecule has 106 valence electrons. The third-order valence-corrected chi connectivity index (χ3v) is 3.72. The summed E-state index contributed by atoms with van der Waals surface area (Å²) in [7, 11) is 0. The van der Waals surface area contributed by atoms with E-state index in [0.29, 0.717) is 10.6 Å². The van der Waals surface area contributed by atoms with E-state index in [-0.39, 0.29) is 33.4 Å². The summed E-state index contributed by atoms with van der Waals surface area (Å²) in [4.78, 5) is 33.3. The number of ketones is 1. The molecule has 0 aliphatic heterocycles. The van der Waals surface area contributed by atoms with Crippen LogP contribution in [0.15, 0.2) is 29.2 Å². The van der Waals surface area contributed by atoms with Gasteiger partial charge in [-0.15, -0.1) is 0 Å². The summed E-state index contributed by atoms with van der Waals surface area (Å²) in [5.74, 6) is -0.396. The highest BCUT2D eigenvalue weighted by atomic mass is 35.5. The molecule has 0 aliphatic carbocycles. The number of carbonyl (C=O) groups is 1. The molecule has 0 spiro atoms. The van der Waals surface area contributed by atoms with E-state index in [1.165, 1.54) is 18.3 Å². The Morgan fingerprint density at radius 3 is 2.71 bits per heavy atom. The number of nitrogens with zero attached hydrogens (tertiary/aromatic N) is 1. The van der Waals surface area contributed by atoms with Gasteiger partial charge in [0.25, 0.3) is 5.56 Å². The summed E-state index contributed by atoms with van der Waals surface area (Å²) >= 11 is 11.7. The number of nitrogen functional groups attached to an aromatic ring is 1. The van der Waals surface area contributed by atoms with E-state index >= 15 is 0 Å². The van der Waals surface area contributed by atoms with Crippen LogP contribution < -0.4 is 11.3 Å². The molecule has 0 fully saturated rings. The molecule has 0 aliphatic rings. The van der Waals surface area contributed by atoms with Crippen molar-refractivity contribution in [1.82, 2.24) is 15.0 Å². The van der Waals surface area contributed by atoms with Crippen molar-refractivity contribution in [2.45, 2.75) is 0 Å². The molecule has 1 aromatic carbocycles. The van der Waals surface area contributed by atoms with Crippen LogP contribution in [0.3, 0.4) is 0 Å². The van der Waals surface area contributed by atoms with Gasteiger partial charge in [0.2, 0.25) is 5.95 Å². The predicted molar refractivity (Wildman–Crippen MR) is 81.0 cm³/mol. The first-order chi connectivity index (χ1) is 9.97. The largest absolute Gasteiger partial charge is 0.369 e. The van der Waals surface area contributed by atoms with Gasteiger partial charge in [-0.25, -0.2) is 4.98 Å². The number of hydrogen-bond donors (Lipinski definition) is 3. The Kier molecular flexibility index (Phi) is 3.19. The molecule has 6 nitrogen and oxygen atoms in total. The first-order valence-corrected chi connectivity index (χ1v) is 6.59. The van der Waals surface area contributed by atoms with Crippen LogP contribution in [0.4, 0.5) is 5.95 Å². The number of benzene rings is 1. The molecule has 0 saturated carbocycles. The molecule has 2 aromatic heterocycles. The van der Waals surface area contributed by atoms with Gasteiger partial charge < -0.3 is 10.7 Å². The molecule has 0 unspecified atom stereocenters. The highest BCUT2D eigenvalue weighted by Gasteiger charge is 2.18. The summed E-state index contributed by atoms with van der Waals surface area (Å²) in [5, 5.41) is 0.624. The fourth-order valence-corrected chi connectivity index (χ4v) is 2.30. The van der Waals surface area contributed by atoms with Crippen molar-refractivity contribution in [3.8, 4) is 0 Å². The van der Waals surface area contributed by atoms with Crippen LogP contribution in [0.25, 0.3) is 11.0 Å². The van der Waals surface area contributed by atoms with Gasteiger partial charge in [0.05, 0.1) is 15.6 Å². The Balaban J connectivity index is 2.18. The van der Waals surface area contributed by atoms with Crippen molar-refractivity contribution < 1.29 is 4.79 Å². The molecule has 0 saturated heterocycles. The molecule has 0 radical (unpaired) electrons. The standard InChI is InChI=1S/C13H8Cl2N4O2/c14-7-2-1-5(3-8(7)15)11(20)6-4-17-10-9(6)18-13(16)19-12(10)21/h1-4,17H,(H3,16,18,19,21). The Bertz CT molecular complexity index is 930. The maximum Gasteiger partial charge on any atom is 0.276 e. The summed E-state index contributed by atoms with van der Waals surface area (Å²) < 4.78 is 0. The first kappa shape index (κ1) is 13.7. The van der Waals surface area contributed by atoms with E-state index in [0.717, 1.165) is 0 Å². The van der Waals surface area contributed by atoms with Crippen LogP contribution in [-0.2, 0) is 0 Å². The van der Waals surface area contributed by atoms with Gasteiger partial charge >= 0.3 is 0 Å². The van der Waals surface area contributed by atoms with Gasteiger partial charge in [0.1, 0.15) is 11.0 Å². The van der Waals surface area contributed by atoms with Crippen LogP contribution in [0.1, 0.15) is 15.9 Å². The van der Waals surface area contributed by atoms with Gasteiger partial charge in [-0.1, -0.05) is 23.2 Å². The summed E-state index contributed by atoms with van der Waals surface area (Å²) in [5.41, 5.74) is 6.04. The lowest BCUT2D eigenvalue weighted by molar-refractivity contribution is 0.104. The van der Waals surface area contributed by atoms with Gasteiger partial charge in [0, 0.05) is 11.8 Å². The molecule has 4 N–H and O–H groups in total. The number of nitrogens with one attached hydrogen (secondary N) is 2. The Labute approximate surface area is 127 Å². The molecule has 8 heteroatoms. The number of anilines is 1. The van der Waals surface area contributed by atoms with Crippen LogP contribution in [0.5, 0.6) is 0 Å². The quantitative estimate of drug-likeness (QED) is 0.630.